The van der Waals surface area contributed by atoms with Gasteiger partial charge in [-0.3, -0.25) is 0 Å². The molecule has 2 N–H and O–H groups in total. The highest BCUT2D eigenvalue weighted by atomic mass is 16.4. The van der Waals surface area contributed by atoms with E-state index in [2.05, 4.69) is 4.98 Å². The molecule has 0 bridgehead atoms. The number of aromatic nitrogens is 2. The van der Waals surface area contributed by atoms with Crippen LogP contribution in [0.15, 0.2) is 30.6 Å². The summed E-state index contributed by atoms with van der Waals surface area (Å²) in [7, 11) is 0. The summed E-state index contributed by atoms with van der Waals surface area (Å²) in [6.07, 6.45) is 4.15. The van der Waals surface area contributed by atoms with Crippen LogP contribution < -0.4 is 0 Å². The molecular weight excluding hydrogens is 232 g/mol. The van der Waals surface area contributed by atoms with Crippen LogP contribution in [0.2, 0.25) is 0 Å². The maximum absolute atomic E-state index is 10.9. The van der Waals surface area contributed by atoms with Crippen LogP contribution in [-0.2, 0) is 13.0 Å². The second-order valence-corrected chi connectivity index (χ2v) is 3.96. The second kappa shape index (κ2) is 4.91. The van der Waals surface area contributed by atoms with Crippen LogP contribution in [0.4, 0.5) is 0 Å². The summed E-state index contributed by atoms with van der Waals surface area (Å²) in [5.41, 5.74) is 0.730. The highest BCUT2D eigenvalue weighted by Gasteiger charge is 2.11. The molecule has 0 aliphatic heterocycles. The van der Waals surface area contributed by atoms with Gasteiger partial charge < -0.3 is 14.8 Å². The number of carboxylic acid groups (broad SMARTS) is 1. The average Bonchev–Trinajstić information content (AvgIpc) is 2.78. The predicted molar refractivity (Wildman–Crippen MR) is 65.8 cm³/mol. The van der Waals surface area contributed by atoms with Crippen LogP contribution >= 0.6 is 0 Å². The first-order valence-corrected chi connectivity index (χ1v) is 5.67. The number of benzene rings is 1. The lowest BCUT2D eigenvalue weighted by Gasteiger charge is -2.06. The third kappa shape index (κ3) is 2.34. The van der Waals surface area contributed by atoms with E-state index in [-0.39, 0.29) is 11.3 Å². The van der Waals surface area contributed by atoms with Crippen molar-refractivity contribution < 1.29 is 15.0 Å². The normalized spacial score (nSPS) is 10.5. The number of aryl methyl sites for hydroxylation is 1. The van der Waals surface area contributed by atoms with Gasteiger partial charge in [0.1, 0.15) is 17.1 Å². The molecule has 0 radical (unpaired) electrons. The molecule has 1 aromatic heterocycles. The number of rotatable bonds is 4. The number of carboxylic acids is 1. The van der Waals surface area contributed by atoms with Gasteiger partial charge in [-0.2, -0.15) is 0 Å². The molecule has 0 saturated carbocycles. The number of phenols is 1. The van der Waals surface area contributed by atoms with Crippen molar-refractivity contribution in [3.63, 3.8) is 0 Å². The molecule has 0 spiro atoms. The highest BCUT2D eigenvalue weighted by Crippen LogP contribution is 2.20. The Labute approximate surface area is 104 Å². The average molecular weight is 246 g/mol. The summed E-state index contributed by atoms with van der Waals surface area (Å²) in [6.45, 7) is 2.84. The summed E-state index contributed by atoms with van der Waals surface area (Å²) in [5, 5.41) is 18.4. The Balaban J connectivity index is 2.30. The number of carbonyl (C=O) groups is 1. The summed E-state index contributed by atoms with van der Waals surface area (Å²) in [5.74, 6) is -0.474. The Morgan fingerprint density at radius 2 is 2.22 bits per heavy atom. The summed E-state index contributed by atoms with van der Waals surface area (Å²) in [4.78, 5) is 15.2. The molecule has 0 atom stereocenters. The maximum atomic E-state index is 10.9. The number of nitrogens with zero attached hydrogens (tertiary/aromatic N) is 2. The van der Waals surface area contributed by atoms with Crippen LogP contribution in [0.5, 0.6) is 5.75 Å². The van der Waals surface area contributed by atoms with E-state index in [0.717, 1.165) is 17.9 Å². The summed E-state index contributed by atoms with van der Waals surface area (Å²) in [6, 6.07) is 4.58. The molecule has 0 aliphatic rings. The minimum absolute atomic E-state index is 0.0814. The highest BCUT2D eigenvalue weighted by molar-refractivity contribution is 5.90. The Bertz CT molecular complexity index is 575. The monoisotopic (exact) mass is 246 g/mol. The van der Waals surface area contributed by atoms with Crippen molar-refractivity contribution in [1.29, 1.82) is 0 Å². The Morgan fingerprint density at radius 1 is 1.44 bits per heavy atom. The lowest BCUT2D eigenvalue weighted by Crippen LogP contribution is -2.03. The van der Waals surface area contributed by atoms with E-state index in [4.69, 9.17) is 5.11 Å². The fourth-order valence-electron chi connectivity index (χ4n) is 1.84. The molecule has 1 heterocycles. The van der Waals surface area contributed by atoms with E-state index in [0.29, 0.717) is 6.42 Å². The molecule has 0 amide bonds. The first kappa shape index (κ1) is 12.2. The van der Waals surface area contributed by atoms with Gasteiger partial charge in [-0.15, -0.1) is 0 Å². The van der Waals surface area contributed by atoms with Crippen molar-refractivity contribution >= 4 is 5.97 Å². The zero-order chi connectivity index (χ0) is 13.1. The van der Waals surface area contributed by atoms with Crippen molar-refractivity contribution in [3.05, 3.63) is 47.5 Å². The van der Waals surface area contributed by atoms with Crippen molar-refractivity contribution in [3.8, 4) is 5.75 Å². The van der Waals surface area contributed by atoms with Crippen LogP contribution in [0.3, 0.4) is 0 Å². The molecule has 2 rings (SSSR count). The third-order valence-electron chi connectivity index (χ3n) is 2.80. The molecule has 18 heavy (non-hydrogen) atoms. The molecule has 1 aromatic carbocycles. The topological polar surface area (TPSA) is 75.3 Å². The molecule has 0 unspecified atom stereocenters. The first-order valence-electron chi connectivity index (χ1n) is 5.67. The number of aromatic carboxylic acids is 1. The van der Waals surface area contributed by atoms with Gasteiger partial charge >= 0.3 is 5.97 Å². The predicted octanol–water partition coefficient (Wildman–Crippen LogP) is 1.90. The Kier molecular flexibility index (Phi) is 3.32. The second-order valence-electron chi connectivity index (χ2n) is 3.96. The molecule has 5 heteroatoms. The molecule has 2 aromatic rings. The molecule has 94 valence electrons. The number of aromatic hydroxyl groups is 1. The van der Waals surface area contributed by atoms with E-state index in [9.17, 15) is 9.90 Å². The molecular formula is C13H14N2O3. The zero-order valence-corrected chi connectivity index (χ0v) is 10.00. The maximum Gasteiger partial charge on any atom is 0.339 e. The largest absolute Gasteiger partial charge is 0.507 e. The molecule has 0 fully saturated rings. The minimum Gasteiger partial charge on any atom is -0.507 e. The SMILES string of the molecule is CCn1ccnc1Cc1ccc(O)c(C(=O)O)c1. The van der Waals surface area contributed by atoms with Gasteiger partial charge in [-0.25, -0.2) is 9.78 Å². The van der Waals surface area contributed by atoms with Crippen molar-refractivity contribution in [2.45, 2.75) is 19.9 Å². The Morgan fingerprint density at radius 3 is 2.89 bits per heavy atom. The van der Waals surface area contributed by atoms with Gasteiger partial charge in [-0.1, -0.05) is 6.07 Å². The minimum atomic E-state index is -1.13. The number of imidazole rings is 1. The van der Waals surface area contributed by atoms with Gasteiger partial charge in [0, 0.05) is 25.4 Å². The van der Waals surface area contributed by atoms with Crippen LogP contribution in [0.25, 0.3) is 0 Å². The molecule has 0 aliphatic carbocycles. The van der Waals surface area contributed by atoms with Gasteiger partial charge in [0.15, 0.2) is 0 Å². The fourth-order valence-corrected chi connectivity index (χ4v) is 1.84. The third-order valence-corrected chi connectivity index (χ3v) is 2.80. The van der Waals surface area contributed by atoms with Crippen molar-refractivity contribution in [1.82, 2.24) is 9.55 Å². The van der Waals surface area contributed by atoms with E-state index >= 15 is 0 Å². The standard InChI is InChI=1S/C13H14N2O3/c1-2-15-6-5-14-12(15)8-9-3-4-11(16)10(7-9)13(17)18/h3-7,16H,2,8H2,1H3,(H,17,18). The number of hydrogen-bond acceptors (Lipinski definition) is 3. The zero-order valence-electron chi connectivity index (χ0n) is 10.00. The fraction of sp³-hybridized carbons (Fsp3) is 0.231. The van der Waals surface area contributed by atoms with E-state index in [1.165, 1.54) is 12.1 Å². The summed E-state index contributed by atoms with van der Waals surface area (Å²) < 4.78 is 1.99. The molecule has 5 nitrogen and oxygen atoms in total. The van der Waals surface area contributed by atoms with E-state index in [1.807, 2.05) is 17.7 Å². The molecule has 0 saturated heterocycles. The number of hydrogen-bond donors (Lipinski definition) is 2. The van der Waals surface area contributed by atoms with Crippen LogP contribution in [0, 0.1) is 0 Å². The van der Waals surface area contributed by atoms with Crippen molar-refractivity contribution in [2.75, 3.05) is 0 Å². The van der Waals surface area contributed by atoms with E-state index < -0.39 is 5.97 Å². The quantitative estimate of drug-likeness (QED) is 0.863. The van der Waals surface area contributed by atoms with Gasteiger partial charge in [0.05, 0.1) is 0 Å². The van der Waals surface area contributed by atoms with Gasteiger partial charge in [0.25, 0.3) is 0 Å². The lowest BCUT2D eigenvalue weighted by atomic mass is 10.1. The summed E-state index contributed by atoms with van der Waals surface area (Å²) >= 11 is 0. The van der Waals surface area contributed by atoms with Crippen molar-refractivity contribution in [2.24, 2.45) is 0 Å². The van der Waals surface area contributed by atoms with Gasteiger partial charge in [0.2, 0.25) is 0 Å². The Hall–Kier alpha value is -2.30. The first-order chi connectivity index (χ1) is 8.61. The smallest absolute Gasteiger partial charge is 0.339 e. The van der Waals surface area contributed by atoms with Crippen LogP contribution in [0.1, 0.15) is 28.7 Å². The lowest BCUT2D eigenvalue weighted by molar-refractivity contribution is 0.0693. The van der Waals surface area contributed by atoms with Crippen LogP contribution in [-0.4, -0.2) is 25.7 Å². The van der Waals surface area contributed by atoms with Gasteiger partial charge in [-0.05, 0) is 24.6 Å². The van der Waals surface area contributed by atoms with E-state index in [1.54, 1.807) is 12.3 Å².